The minimum absolute atomic E-state index is 0.218. The summed E-state index contributed by atoms with van der Waals surface area (Å²) in [6.07, 6.45) is 1.62. The average Bonchev–Trinajstić information content (AvgIpc) is 3.05. The Morgan fingerprint density at radius 2 is 1.96 bits per heavy atom. The van der Waals surface area contributed by atoms with Gasteiger partial charge in [0.05, 0.1) is 18.9 Å². The fourth-order valence-electron chi connectivity index (χ4n) is 2.15. The van der Waals surface area contributed by atoms with Crippen molar-refractivity contribution in [2.45, 2.75) is 6.61 Å². The molecule has 0 bridgehead atoms. The lowest BCUT2D eigenvalue weighted by molar-refractivity contribution is 0.0600. The Bertz CT molecular complexity index is 962. The van der Waals surface area contributed by atoms with Crippen LogP contribution in [0.5, 0.6) is 5.75 Å². The van der Waals surface area contributed by atoms with Gasteiger partial charge in [0.2, 0.25) is 4.77 Å². The predicted octanol–water partition coefficient (Wildman–Crippen LogP) is 3.19. The van der Waals surface area contributed by atoms with Crippen molar-refractivity contribution in [3.63, 3.8) is 0 Å². The Balaban J connectivity index is 1.73. The Morgan fingerprint density at radius 3 is 2.65 bits per heavy atom. The maximum atomic E-state index is 11.4. The van der Waals surface area contributed by atoms with E-state index in [1.807, 2.05) is 30.3 Å². The van der Waals surface area contributed by atoms with Crippen LogP contribution in [0.4, 0.5) is 0 Å². The first kappa shape index (κ1) is 17.6. The molecule has 0 radical (unpaired) electrons. The van der Waals surface area contributed by atoms with Gasteiger partial charge in [0, 0.05) is 0 Å². The fourth-order valence-corrected chi connectivity index (χ4v) is 2.35. The fraction of sp³-hybridized carbons (Fsp3) is 0.111. The molecule has 0 saturated carbocycles. The maximum absolute atomic E-state index is 11.4. The van der Waals surface area contributed by atoms with Crippen LogP contribution in [0.1, 0.15) is 21.7 Å². The van der Waals surface area contributed by atoms with Gasteiger partial charge < -0.3 is 9.47 Å². The number of carbonyl (C=O) groups is 1. The Morgan fingerprint density at radius 1 is 1.23 bits per heavy atom. The molecule has 3 aromatic rings. The summed E-state index contributed by atoms with van der Waals surface area (Å²) in [6.45, 7) is 0.218. The molecule has 0 aliphatic rings. The van der Waals surface area contributed by atoms with Crippen LogP contribution in [-0.2, 0) is 11.3 Å². The van der Waals surface area contributed by atoms with Crippen molar-refractivity contribution in [1.29, 1.82) is 0 Å². The quantitative estimate of drug-likeness (QED) is 0.410. The predicted molar refractivity (Wildman–Crippen MR) is 99.0 cm³/mol. The highest BCUT2D eigenvalue weighted by Crippen LogP contribution is 2.11. The number of nitrogens with one attached hydrogen (secondary N) is 1. The second-order valence-electron chi connectivity index (χ2n) is 5.22. The van der Waals surface area contributed by atoms with E-state index >= 15 is 0 Å². The number of para-hydroxylation sites is 1. The summed E-state index contributed by atoms with van der Waals surface area (Å²) in [5, 5.41) is 11.2. The van der Waals surface area contributed by atoms with Crippen LogP contribution >= 0.6 is 12.2 Å². The summed E-state index contributed by atoms with van der Waals surface area (Å²) in [7, 11) is 1.34. The van der Waals surface area contributed by atoms with E-state index in [9.17, 15) is 4.79 Å². The minimum atomic E-state index is -0.383. The van der Waals surface area contributed by atoms with Crippen molar-refractivity contribution in [1.82, 2.24) is 14.9 Å². The molecule has 0 fully saturated rings. The molecule has 0 atom stereocenters. The van der Waals surface area contributed by atoms with Crippen LogP contribution < -0.4 is 4.74 Å². The third-order valence-electron chi connectivity index (χ3n) is 3.48. The molecule has 0 unspecified atom stereocenters. The Labute approximate surface area is 154 Å². The smallest absolute Gasteiger partial charge is 0.337 e. The summed E-state index contributed by atoms with van der Waals surface area (Å²) < 4.78 is 12.2. The molecule has 0 amide bonds. The number of aromatic nitrogens is 3. The number of ether oxygens (including phenoxy) is 2. The third kappa shape index (κ3) is 4.22. The monoisotopic (exact) mass is 368 g/mol. The highest BCUT2D eigenvalue weighted by Gasteiger charge is 2.07. The second kappa shape index (κ2) is 8.21. The topological polar surface area (TPSA) is 81.5 Å². The van der Waals surface area contributed by atoms with Crippen LogP contribution in [0.25, 0.3) is 0 Å². The average molecular weight is 368 g/mol. The van der Waals surface area contributed by atoms with Gasteiger partial charge in [0.25, 0.3) is 0 Å². The number of benzene rings is 2. The highest BCUT2D eigenvalue weighted by molar-refractivity contribution is 7.71. The van der Waals surface area contributed by atoms with Gasteiger partial charge >= 0.3 is 5.97 Å². The molecule has 0 aliphatic carbocycles. The molecule has 0 aliphatic heterocycles. The molecule has 1 heterocycles. The van der Waals surface area contributed by atoms with E-state index in [1.165, 1.54) is 11.8 Å². The van der Waals surface area contributed by atoms with E-state index in [0.29, 0.717) is 16.2 Å². The van der Waals surface area contributed by atoms with Crippen LogP contribution in [-0.4, -0.2) is 34.2 Å². The van der Waals surface area contributed by atoms with Gasteiger partial charge in [0.15, 0.2) is 5.82 Å². The first-order valence-corrected chi connectivity index (χ1v) is 8.15. The van der Waals surface area contributed by atoms with Crippen LogP contribution in [0.3, 0.4) is 0 Å². The molecule has 2 aromatic carbocycles. The molecule has 1 N–H and O–H groups in total. The standard InChI is InChI=1S/C18H16N4O3S/c1-24-17(23)14-9-7-13(8-10-14)11-19-22-16(20-21-18(22)26)12-25-15-5-3-2-4-6-15/h2-11H,12H2,1H3,(H,21,26)/b19-11+. The third-order valence-corrected chi connectivity index (χ3v) is 3.75. The lowest BCUT2D eigenvalue weighted by atomic mass is 10.1. The number of rotatable bonds is 6. The van der Waals surface area contributed by atoms with Crippen molar-refractivity contribution >= 4 is 24.4 Å². The number of methoxy groups -OCH3 is 1. The number of aromatic amines is 1. The number of esters is 1. The molecule has 0 saturated heterocycles. The molecule has 8 heteroatoms. The number of hydrogen-bond donors (Lipinski definition) is 1. The van der Waals surface area contributed by atoms with Crippen LogP contribution in [0.2, 0.25) is 0 Å². The molecular weight excluding hydrogens is 352 g/mol. The van der Waals surface area contributed by atoms with Gasteiger partial charge in [-0.25, -0.2) is 9.89 Å². The van der Waals surface area contributed by atoms with Crippen molar-refractivity contribution in [2.24, 2.45) is 5.10 Å². The number of hydrogen-bond acceptors (Lipinski definition) is 6. The van der Waals surface area contributed by atoms with Crippen LogP contribution in [0, 0.1) is 4.77 Å². The largest absolute Gasteiger partial charge is 0.486 e. The highest BCUT2D eigenvalue weighted by atomic mass is 32.1. The van der Waals surface area contributed by atoms with Gasteiger partial charge in [-0.1, -0.05) is 30.3 Å². The SMILES string of the molecule is COC(=O)c1ccc(/C=N/n2c(COc3ccccc3)n[nH]c2=S)cc1. The summed E-state index contributed by atoms with van der Waals surface area (Å²) in [5.41, 5.74) is 1.28. The minimum Gasteiger partial charge on any atom is -0.486 e. The van der Waals surface area contributed by atoms with Gasteiger partial charge in [-0.05, 0) is 42.0 Å². The van der Waals surface area contributed by atoms with E-state index < -0.39 is 0 Å². The molecule has 1 aromatic heterocycles. The number of nitrogens with zero attached hydrogens (tertiary/aromatic N) is 3. The molecule has 3 rings (SSSR count). The van der Waals surface area contributed by atoms with Crippen molar-refractivity contribution in [3.8, 4) is 5.75 Å². The normalized spacial score (nSPS) is 10.8. The van der Waals surface area contributed by atoms with E-state index in [4.69, 9.17) is 17.0 Å². The van der Waals surface area contributed by atoms with Gasteiger partial charge in [-0.15, -0.1) is 0 Å². The molecule has 132 valence electrons. The summed E-state index contributed by atoms with van der Waals surface area (Å²) in [4.78, 5) is 11.4. The lowest BCUT2D eigenvalue weighted by Crippen LogP contribution is -2.04. The summed E-state index contributed by atoms with van der Waals surface area (Å²) >= 11 is 5.20. The first-order valence-electron chi connectivity index (χ1n) is 7.74. The van der Waals surface area contributed by atoms with Crippen molar-refractivity contribution in [3.05, 3.63) is 76.3 Å². The summed E-state index contributed by atoms with van der Waals surface area (Å²) in [5.74, 6) is 0.891. The number of H-pyrrole nitrogens is 1. The zero-order valence-electron chi connectivity index (χ0n) is 14.0. The molecule has 26 heavy (non-hydrogen) atoms. The van der Waals surface area contributed by atoms with Crippen molar-refractivity contribution < 1.29 is 14.3 Å². The van der Waals surface area contributed by atoms with E-state index in [2.05, 4.69) is 20.0 Å². The van der Waals surface area contributed by atoms with E-state index in [0.717, 1.165) is 11.3 Å². The molecule has 7 nitrogen and oxygen atoms in total. The van der Waals surface area contributed by atoms with Gasteiger partial charge in [0.1, 0.15) is 12.4 Å². The zero-order valence-corrected chi connectivity index (χ0v) is 14.8. The van der Waals surface area contributed by atoms with E-state index in [1.54, 1.807) is 30.5 Å². The Kier molecular flexibility index (Phi) is 5.55. The Hall–Kier alpha value is -3.26. The zero-order chi connectivity index (χ0) is 18.4. The maximum Gasteiger partial charge on any atom is 0.337 e. The first-order chi connectivity index (χ1) is 12.7. The second-order valence-corrected chi connectivity index (χ2v) is 5.60. The van der Waals surface area contributed by atoms with Gasteiger partial charge in [-0.3, -0.25) is 0 Å². The van der Waals surface area contributed by atoms with Gasteiger partial charge in [-0.2, -0.15) is 14.9 Å². The van der Waals surface area contributed by atoms with E-state index in [-0.39, 0.29) is 12.6 Å². The number of carbonyl (C=O) groups excluding carboxylic acids is 1. The van der Waals surface area contributed by atoms with Crippen molar-refractivity contribution in [2.75, 3.05) is 7.11 Å². The van der Waals surface area contributed by atoms with Crippen LogP contribution in [0.15, 0.2) is 59.7 Å². The molecule has 0 spiro atoms. The lowest BCUT2D eigenvalue weighted by Gasteiger charge is -2.05. The summed E-state index contributed by atoms with van der Waals surface area (Å²) in [6, 6.07) is 16.3. The molecular formula is C18H16N4O3S.